The van der Waals surface area contributed by atoms with Crippen LogP contribution in [0.15, 0.2) is 12.1 Å². The van der Waals surface area contributed by atoms with Gasteiger partial charge in [0.15, 0.2) is 17.5 Å². The molecule has 20 heavy (non-hydrogen) atoms. The van der Waals surface area contributed by atoms with Gasteiger partial charge in [-0.3, -0.25) is 4.79 Å². The first-order valence-corrected chi connectivity index (χ1v) is 6.61. The van der Waals surface area contributed by atoms with E-state index < -0.39 is 23.4 Å². The molecule has 0 N–H and O–H groups in total. The topological polar surface area (TPSA) is 29.5 Å². The zero-order chi connectivity index (χ0) is 14.3. The van der Waals surface area contributed by atoms with Gasteiger partial charge in [-0.1, -0.05) is 0 Å². The molecular weight excluding hydrogens is 271 g/mol. The number of amides is 1. The van der Waals surface area contributed by atoms with Crippen LogP contribution in [0.25, 0.3) is 0 Å². The lowest BCUT2D eigenvalue weighted by molar-refractivity contribution is -0.00839. The number of nitrogens with zero attached hydrogens (tertiary/aromatic N) is 1. The predicted octanol–water partition coefficient (Wildman–Crippen LogP) is 2.35. The van der Waals surface area contributed by atoms with Crippen LogP contribution in [0.1, 0.15) is 23.2 Å². The number of rotatable bonds is 2. The van der Waals surface area contributed by atoms with Crippen molar-refractivity contribution in [1.82, 2.24) is 4.90 Å². The molecule has 0 spiro atoms. The molecule has 6 heteroatoms. The van der Waals surface area contributed by atoms with Crippen molar-refractivity contribution in [3.63, 3.8) is 0 Å². The first kappa shape index (κ1) is 13.4. The summed E-state index contributed by atoms with van der Waals surface area (Å²) in [4.78, 5) is 14.0. The second-order valence-corrected chi connectivity index (χ2v) is 5.23. The summed E-state index contributed by atoms with van der Waals surface area (Å²) in [5.74, 6) is -4.31. The molecule has 1 amide bonds. The van der Waals surface area contributed by atoms with Gasteiger partial charge in [0.05, 0.1) is 19.3 Å². The molecule has 3 nitrogen and oxygen atoms in total. The van der Waals surface area contributed by atoms with E-state index in [-0.39, 0.29) is 11.6 Å². The van der Waals surface area contributed by atoms with Gasteiger partial charge < -0.3 is 9.64 Å². The van der Waals surface area contributed by atoms with Gasteiger partial charge in [-0.15, -0.1) is 0 Å². The molecular formula is C14H14F3NO2. The largest absolute Gasteiger partial charge is 0.377 e. The lowest BCUT2D eigenvalue weighted by Gasteiger charge is -2.36. The van der Waals surface area contributed by atoms with E-state index in [0.29, 0.717) is 25.7 Å². The second kappa shape index (κ2) is 5.09. The van der Waals surface area contributed by atoms with Crippen molar-refractivity contribution in [3.8, 4) is 0 Å². The van der Waals surface area contributed by atoms with Gasteiger partial charge in [-0.05, 0) is 30.9 Å². The normalized spacial score (nSPS) is 22.9. The highest BCUT2D eigenvalue weighted by Gasteiger charge is 2.39. The first-order chi connectivity index (χ1) is 9.58. The van der Waals surface area contributed by atoms with Crippen molar-refractivity contribution in [2.24, 2.45) is 5.92 Å². The number of hydrogen-bond acceptors (Lipinski definition) is 2. The molecule has 1 atom stereocenters. The molecule has 1 aromatic rings. The van der Waals surface area contributed by atoms with Crippen molar-refractivity contribution in [2.75, 3.05) is 19.8 Å². The van der Waals surface area contributed by atoms with E-state index in [0.717, 1.165) is 25.0 Å². The van der Waals surface area contributed by atoms with Crippen molar-refractivity contribution in [3.05, 3.63) is 35.1 Å². The number of hydrogen-bond donors (Lipinski definition) is 0. The third kappa shape index (κ3) is 2.40. The number of carbonyl (C=O) groups is 1. The summed E-state index contributed by atoms with van der Waals surface area (Å²) in [5.41, 5.74) is -0.158. The molecule has 0 radical (unpaired) electrons. The van der Waals surface area contributed by atoms with E-state index in [4.69, 9.17) is 4.74 Å². The van der Waals surface area contributed by atoms with Gasteiger partial charge in [0.1, 0.15) is 0 Å². The first-order valence-electron chi connectivity index (χ1n) is 6.61. The fourth-order valence-corrected chi connectivity index (χ4v) is 2.59. The van der Waals surface area contributed by atoms with E-state index in [1.165, 1.54) is 0 Å². The summed E-state index contributed by atoms with van der Waals surface area (Å²) in [7, 11) is 0. The molecule has 2 aliphatic rings. The Hall–Kier alpha value is -1.56. The highest BCUT2D eigenvalue weighted by molar-refractivity contribution is 5.94. The van der Waals surface area contributed by atoms with Crippen LogP contribution in [0.3, 0.4) is 0 Å². The number of morpholine rings is 1. The maximum atomic E-state index is 13.2. The number of ether oxygens (including phenoxy) is 1. The molecule has 1 aliphatic heterocycles. The quantitative estimate of drug-likeness (QED) is 0.781. The molecule has 1 saturated heterocycles. The average molecular weight is 285 g/mol. The Morgan fingerprint density at radius 1 is 1.20 bits per heavy atom. The maximum Gasteiger partial charge on any atom is 0.254 e. The molecule has 0 unspecified atom stereocenters. The van der Waals surface area contributed by atoms with Crippen LogP contribution in [0.5, 0.6) is 0 Å². The molecule has 2 fully saturated rings. The van der Waals surface area contributed by atoms with E-state index in [1.54, 1.807) is 4.90 Å². The van der Waals surface area contributed by atoms with Gasteiger partial charge in [-0.2, -0.15) is 0 Å². The molecule has 1 heterocycles. The molecule has 1 aliphatic carbocycles. The molecule has 1 saturated carbocycles. The van der Waals surface area contributed by atoms with Crippen LogP contribution in [0.2, 0.25) is 0 Å². The summed E-state index contributed by atoms with van der Waals surface area (Å²) < 4.78 is 44.8. The maximum absolute atomic E-state index is 13.2. The predicted molar refractivity (Wildman–Crippen MR) is 64.7 cm³/mol. The molecule has 1 aromatic carbocycles. The van der Waals surface area contributed by atoms with Crippen LogP contribution in [0, 0.1) is 23.4 Å². The number of halogens is 3. The smallest absolute Gasteiger partial charge is 0.254 e. The van der Waals surface area contributed by atoms with E-state index in [2.05, 4.69) is 0 Å². The van der Waals surface area contributed by atoms with Crippen LogP contribution in [0.4, 0.5) is 13.2 Å². The second-order valence-electron chi connectivity index (χ2n) is 5.23. The van der Waals surface area contributed by atoms with Crippen LogP contribution < -0.4 is 0 Å². The molecule has 0 aromatic heterocycles. The van der Waals surface area contributed by atoms with Crippen molar-refractivity contribution >= 4 is 5.91 Å². The standard InChI is InChI=1S/C14H14F3NO2/c15-10-5-9(6-11(16)13(10)17)14(19)18-3-4-20-7-12(18)8-1-2-8/h5-6,8,12H,1-4,7H2/t12-/m0/s1. The van der Waals surface area contributed by atoms with E-state index >= 15 is 0 Å². The molecule has 0 bridgehead atoms. The Labute approximate surface area is 114 Å². The minimum Gasteiger partial charge on any atom is -0.377 e. The molecule has 108 valence electrons. The monoisotopic (exact) mass is 285 g/mol. The Morgan fingerprint density at radius 2 is 1.85 bits per heavy atom. The summed E-state index contributed by atoms with van der Waals surface area (Å²) in [6.07, 6.45) is 2.06. The number of carbonyl (C=O) groups excluding carboxylic acids is 1. The average Bonchev–Trinajstić information content (AvgIpc) is 3.28. The van der Waals surface area contributed by atoms with Gasteiger partial charge in [0.2, 0.25) is 0 Å². The fourth-order valence-electron chi connectivity index (χ4n) is 2.59. The van der Waals surface area contributed by atoms with Gasteiger partial charge in [0, 0.05) is 12.1 Å². The van der Waals surface area contributed by atoms with Crippen LogP contribution in [-0.4, -0.2) is 36.6 Å². The SMILES string of the molecule is O=C(c1cc(F)c(F)c(F)c1)N1CCOC[C@H]1C1CC1. The van der Waals surface area contributed by atoms with E-state index in [1.807, 2.05) is 0 Å². The van der Waals surface area contributed by atoms with Crippen molar-refractivity contribution in [2.45, 2.75) is 18.9 Å². The molecule has 3 rings (SSSR count). The van der Waals surface area contributed by atoms with Crippen molar-refractivity contribution < 1.29 is 22.7 Å². The Bertz CT molecular complexity index is 522. The summed E-state index contributed by atoms with van der Waals surface area (Å²) in [5, 5.41) is 0. The highest BCUT2D eigenvalue weighted by atomic mass is 19.2. The minimum atomic E-state index is -1.55. The van der Waals surface area contributed by atoms with Crippen LogP contribution in [-0.2, 0) is 4.74 Å². The minimum absolute atomic E-state index is 0.0487. The lowest BCUT2D eigenvalue weighted by Crippen LogP contribution is -2.49. The Balaban J connectivity index is 1.87. The fraction of sp³-hybridized carbons (Fsp3) is 0.500. The van der Waals surface area contributed by atoms with Gasteiger partial charge in [-0.25, -0.2) is 13.2 Å². The lowest BCUT2D eigenvalue weighted by atomic mass is 10.1. The Morgan fingerprint density at radius 3 is 2.45 bits per heavy atom. The Kier molecular flexibility index (Phi) is 3.41. The summed E-state index contributed by atoms with van der Waals surface area (Å²) in [6.45, 7) is 1.24. The third-order valence-electron chi connectivity index (χ3n) is 3.82. The van der Waals surface area contributed by atoms with Crippen LogP contribution >= 0.6 is 0 Å². The third-order valence-corrected chi connectivity index (χ3v) is 3.82. The zero-order valence-electron chi connectivity index (χ0n) is 10.7. The summed E-state index contributed by atoms with van der Waals surface area (Å²) >= 11 is 0. The zero-order valence-corrected chi connectivity index (χ0v) is 10.7. The summed E-state index contributed by atoms with van der Waals surface area (Å²) in [6, 6.07) is 1.45. The number of benzene rings is 1. The van der Waals surface area contributed by atoms with Gasteiger partial charge >= 0.3 is 0 Å². The highest BCUT2D eigenvalue weighted by Crippen LogP contribution is 2.37. The van der Waals surface area contributed by atoms with Gasteiger partial charge in [0.25, 0.3) is 5.91 Å². The van der Waals surface area contributed by atoms with Crippen molar-refractivity contribution in [1.29, 1.82) is 0 Å². The van der Waals surface area contributed by atoms with E-state index in [9.17, 15) is 18.0 Å².